The van der Waals surface area contributed by atoms with Crippen molar-refractivity contribution in [1.29, 1.82) is 0 Å². The van der Waals surface area contributed by atoms with E-state index in [1.54, 1.807) is 0 Å². The Hall–Kier alpha value is -1.71. The van der Waals surface area contributed by atoms with E-state index in [0.29, 0.717) is 13.2 Å². The first kappa shape index (κ1) is 14.4. The normalized spacial score (nSPS) is 10.9. The van der Waals surface area contributed by atoms with Crippen LogP contribution in [0.25, 0.3) is 0 Å². The highest BCUT2D eigenvalue weighted by Crippen LogP contribution is 2.20. The molecule has 1 N–H and O–H groups in total. The molecule has 0 atom stereocenters. The first-order valence-electron chi connectivity index (χ1n) is 6.04. The predicted octanol–water partition coefficient (Wildman–Crippen LogP) is 2.70. The lowest BCUT2D eigenvalue weighted by molar-refractivity contribution is -0.149. The van der Waals surface area contributed by atoms with E-state index in [1.807, 2.05) is 45.0 Å². The van der Waals surface area contributed by atoms with Crippen molar-refractivity contribution in [2.75, 3.05) is 25.6 Å². The molecule has 0 bridgehead atoms. The van der Waals surface area contributed by atoms with Crippen molar-refractivity contribution in [2.45, 2.75) is 20.8 Å². The summed E-state index contributed by atoms with van der Waals surface area (Å²) in [6.45, 7) is 6.82. The van der Waals surface area contributed by atoms with Gasteiger partial charge in [-0.1, -0.05) is 0 Å². The fourth-order valence-electron chi connectivity index (χ4n) is 1.51. The zero-order valence-electron chi connectivity index (χ0n) is 11.4. The smallest absolute Gasteiger partial charge is 0.313 e. The number of methoxy groups -OCH3 is 1. The van der Waals surface area contributed by atoms with Crippen LogP contribution in [0.3, 0.4) is 0 Å². The van der Waals surface area contributed by atoms with E-state index in [1.165, 1.54) is 7.11 Å². The molecule has 0 aliphatic rings. The zero-order chi connectivity index (χ0) is 13.6. The summed E-state index contributed by atoms with van der Waals surface area (Å²) in [7, 11) is 1.40. The molecule has 0 fully saturated rings. The van der Waals surface area contributed by atoms with E-state index >= 15 is 0 Å². The van der Waals surface area contributed by atoms with Gasteiger partial charge in [-0.25, -0.2) is 0 Å². The Morgan fingerprint density at radius 1 is 1.28 bits per heavy atom. The molecule has 0 unspecified atom stereocenters. The number of carbonyl (C=O) groups is 1. The van der Waals surface area contributed by atoms with Crippen LogP contribution in [-0.4, -0.2) is 26.2 Å². The second-order valence-corrected chi connectivity index (χ2v) is 4.69. The first-order valence-corrected chi connectivity index (χ1v) is 6.04. The third-order valence-corrected chi connectivity index (χ3v) is 2.64. The molecule has 0 amide bonds. The van der Waals surface area contributed by atoms with Gasteiger partial charge in [0.15, 0.2) is 0 Å². The number of hydrogen-bond donors (Lipinski definition) is 1. The minimum atomic E-state index is -0.548. The molecular formula is C14H21NO3. The van der Waals surface area contributed by atoms with Gasteiger partial charge in [0.2, 0.25) is 0 Å². The van der Waals surface area contributed by atoms with Crippen LogP contribution in [0.5, 0.6) is 5.75 Å². The van der Waals surface area contributed by atoms with Gasteiger partial charge in [-0.2, -0.15) is 0 Å². The number of esters is 1. The highest BCUT2D eigenvalue weighted by Gasteiger charge is 2.28. The molecule has 0 saturated heterocycles. The standard InChI is InChI=1S/C14H21NO3/c1-5-18-12-8-6-11(7-9-12)15-10-14(2,3)13(16)17-4/h6-9,15H,5,10H2,1-4H3. The van der Waals surface area contributed by atoms with Crippen LogP contribution in [0, 0.1) is 5.41 Å². The maximum absolute atomic E-state index is 11.5. The highest BCUT2D eigenvalue weighted by atomic mass is 16.5. The molecule has 1 aromatic rings. The van der Waals surface area contributed by atoms with E-state index < -0.39 is 5.41 Å². The molecule has 0 aliphatic heterocycles. The van der Waals surface area contributed by atoms with Gasteiger partial charge >= 0.3 is 5.97 Å². The molecule has 0 spiro atoms. The second kappa shape index (κ2) is 6.28. The molecule has 0 saturated carbocycles. The largest absolute Gasteiger partial charge is 0.494 e. The maximum atomic E-state index is 11.5. The Balaban J connectivity index is 2.55. The quantitative estimate of drug-likeness (QED) is 0.790. The van der Waals surface area contributed by atoms with Crippen molar-refractivity contribution in [3.05, 3.63) is 24.3 Å². The van der Waals surface area contributed by atoms with Gasteiger partial charge in [-0.3, -0.25) is 4.79 Å². The molecule has 4 nitrogen and oxygen atoms in total. The second-order valence-electron chi connectivity index (χ2n) is 4.69. The van der Waals surface area contributed by atoms with Crippen LogP contribution < -0.4 is 10.1 Å². The molecule has 1 aromatic carbocycles. The summed E-state index contributed by atoms with van der Waals surface area (Å²) in [5.41, 5.74) is 0.406. The number of anilines is 1. The summed E-state index contributed by atoms with van der Waals surface area (Å²) >= 11 is 0. The number of benzene rings is 1. The highest BCUT2D eigenvalue weighted by molar-refractivity contribution is 5.76. The molecule has 18 heavy (non-hydrogen) atoms. The van der Waals surface area contributed by atoms with Gasteiger partial charge in [0.05, 0.1) is 19.1 Å². The molecule has 0 aliphatic carbocycles. The molecule has 100 valence electrons. The zero-order valence-corrected chi connectivity index (χ0v) is 11.4. The van der Waals surface area contributed by atoms with Gasteiger partial charge in [0.25, 0.3) is 0 Å². The molecule has 0 aromatic heterocycles. The fraction of sp³-hybridized carbons (Fsp3) is 0.500. The van der Waals surface area contributed by atoms with Crippen molar-refractivity contribution in [1.82, 2.24) is 0 Å². The summed E-state index contributed by atoms with van der Waals surface area (Å²) in [5, 5.41) is 3.21. The van der Waals surface area contributed by atoms with Gasteiger partial charge in [-0.05, 0) is 45.0 Å². The third-order valence-electron chi connectivity index (χ3n) is 2.64. The topological polar surface area (TPSA) is 47.6 Å². The van der Waals surface area contributed by atoms with Crippen LogP contribution >= 0.6 is 0 Å². The summed E-state index contributed by atoms with van der Waals surface area (Å²) in [4.78, 5) is 11.5. The van der Waals surface area contributed by atoms with Gasteiger partial charge in [-0.15, -0.1) is 0 Å². The van der Waals surface area contributed by atoms with Crippen LogP contribution in [0.2, 0.25) is 0 Å². The number of rotatable bonds is 6. The van der Waals surface area contributed by atoms with Crippen molar-refractivity contribution >= 4 is 11.7 Å². The van der Waals surface area contributed by atoms with E-state index in [-0.39, 0.29) is 5.97 Å². The van der Waals surface area contributed by atoms with Gasteiger partial charge in [0.1, 0.15) is 5.75 Å². The SMILES string of the molecule is CCOc1ccc(NCC(C)(C)C(=O)OC)cc1. The van der Waals surface area contributed by atoms with Crippen molar-refractivity contribution in [2.24, 2.45) is 5.41 Å². The van der Waals surface area contributed by atoms with E-state index in [4.69, 9.17) is 9.47 Å². The molecule has 0 radical (unpaired) electrons. The average Bonchev–Trinajstić information content (AvgIpc) is 2.37. The third kappa shape index (κ3) is 3.95. The molecule has 1 rings (SSSR count). The lowest BCUT2D eigenvalue weighted by atomic mass is 9.93. The van der Waals surface area contributed by atoms with Crippen LogP contribution in [0.15, 0.2) is 24.3 Å². The van der Waals surface area contributed by atoms with Crippen LogP contribution in [-0.2, 0) is 9.53 Å². The maximum Gasteiger partial charge on any atom is 0.313 e. The monoisotopic (exact) mass is 251 g/mol. The molecule has 4 heteroatoms. The minimum absolute atomic E-state index is 0.221. The number of hydrogen-bond acceptors (Lipinski definition) is 4. The van der Waals surface area contributed by atoms with Crippen LogP contribution in [0.4, 0.5) is 5.69 Å². The number of carbonyl (C=O) groups excluding carboxylic acids is 1. The summed E-state index contributed by atoms with van der Waals surface area (Å²) < 4.78 is 10.1. The van der Waals surface area contributed by atoms with Crippen LogP contribution in [0.1, 0.15) is 20.8 Å². The predicted molar refractivity (Wildman–Crippen MR) is 71.9 cm³/mol. The average molecular weight is 251 g/mol. The summed E-state index contributed by atoms with van der Waals surface area (Å²) in [6.07, 6.45) is 0. The Morgan fingerprint density at radius 3 is 2.39 bits per heavy atom. The van der Waals surface area contributed by atoms with E-state index in [0.717, 1.165) is 11.4 Å². The Morgan fingerprint density at radius 2 is 1.89 bits per heavy atom. The van der Waals surface area contributed by atoms with Crippen molar-refractivity contribution < 1.29 is 14.3 Å². The first-order chi connectivity index (χ1) is 8.49. The Kier molecular flexibility index (Phi) is 5.01. The van der Waals surface area contributed by atoms with Gasteiger partial charge in [0, 0.05) is 12.2 Å². The van der Waals surface area contributed by atoms with Crippen molar-refractivity contribution in [3.63, 3.8) is 0 Å². The Labute approximate surface area is 108 Å². The molecular weight excluding hydrogens is 230 g/mol. The van der Waals surface area contributed by atoms with Crippen molar-refractivity contribution in [3.8, 4) is 5.75 Å². The number of nitrogens with one attached hydrogen (secondary N) is 1. The van der Waals surface area contributed by atoms with Gasteiger partial charge < -0.3 is 14.8 Å². The lowest BCUT2D eigenvalue weighted by Crippen LogP contribution is -2.33. The van der Waals surface area contributed by atoms with E-state index in [2.05, 4.69) is 5.32 Å². The Bertz CT molecular complexity index is 385. The summed E-state index contributed by atoms with van der Waals surface area (Å²) in [5.74, 6) is 0.621. The summed E-state index contributed by atoms with van der Waals surface area (Å²) in [6, 6.07) is 7.66. The molecule has 0 heterocycles. The fourth-order valence-corrected chi connectivity index (χ4v) is 1.51. The lowest BCUT2D eigenvalue weighted by Gasteiger charge is -2.22. The van der Waals surface area contributed by atoms with E-state index in [9.17, 15) is 4.79 Å². The number of ether oxygens (including phenoxy) is 2. The minimum Gasteiger partial charge on any atom is -0.494 e.